The van der Waals surface area contributed by atoms with E-state index in [1.807, 2.05) is 0 Å². The maximum Gasteiger partial charge on any atom is 0.255 e. The molecule has 3 rings (SSSR count). The van der Waals surface area contributed by atoms with Crippen molar-refractivity contribution in [1.29, 1.82) is 0 Å². The first-order valence-electron chi connectivity index (χ1n) is 5.90. The Bertz CT molecular complexity index is 736. The molecule has 0 saturated carbocycles. The molecule has 0 radical (unpaired) electrons. The van der Waals surface area contributed by atoms with Gasteiger partial charge in [-0.1, -0.05) is 23.2 Å². The molecule has 2 aromatic rings. The highest BCUT2D eigenvalue weighted by molar-refractivity contribution is 6.33. The van der Waals surface area contributed by atoms with Crippen LogP contribution < -0.4 is 14.8 Å². The average molecular weight is 328 g/mol. The molecule has 7 heteroatoms. The number of carbonyl (C=O) groups is 1. The standard InChI is InChI=1S/C14H8Cl2FNO3/c15-9-5-8(1-2-11(9)17)18-14(19)7-3-10(16)13-12(4-7)20-6-21-13/h1-5H,6H2,(H,18,19). The SMILES string of the molecule is O=C(Nc1ccc(F)c(Cl)c1)c1cc(Cl)c2c(c1)OCO2. The van der Waals surface area contributed by atoms with E-state index in [2.05, 4.69) is 5.32 Å². The van der Waals surface area contributed by atoms with Crippen molar-refractivity contribution in [1.82, 2.24) is 0 Å². The molecular weight excluding hydrogens is 320 g/mol. The fourth-order valence-electron chi connectivity index (χ4n) is 1.88. The van der Waals surface area contributed by atoms with Crippen LogP contribution in [-0.2, 0) is 0 Å². The van der Waals surface area contributed by atoms with Gasteiger partial charge in [0.1, 0.15) is 5.82 Å². The molecule has 1 aliphatic heterocycles. The van der Waals surface area contributed by atoms with Crippen LogP contribution in [0.1, 0.15) is 10.4 Å². The molecule has 0 bridgehead atoms. The fourth-order valence-corrected chi connectivity index (χ4v) is 2.32. The minimum atomic E-state index is -0.555. The molecule has 108 valence electrons. The molecule has 0 aliphatic carbocycles. The normalized spacial score (nSPS) is 12.3. The summed E-state index contributed by atoms with van der Waals surface area (Å²) in [7, 11) is 0. The summed E-state index contributed by atoms with van der Waals surface area (Å²) in [6.45, 7) is 0.0632. The summed E-state index contributed by atoms with van der Waals surface area (Å²) in [4.78, 5) is 12.2. The minimum absolute atomic E-state index is 0.0632. The van der Waals surface area contributed by atoms with Gasteiger partial charge in [0, 0.05) is 11.3 Å². The Labute approximate surface area is 129 Å². The van der Waals surface area contributed by atoms with E-state index in [4.69, 9.17) is 32.7 Å². The van der Waals surface area contributed by atoms with Crippen LogP contribution in [0.2, 0.25) is 10.0 Å². The Morgan fingerprint density at radius 1 is 1.14 bits per heavy atom. The van der Waals surface area contributed by atoms with E-state index >= 15 is 0 Å². The van der Waals surface area contributed by atoms with Crippen molar-refractivity contribution in [2.24, 2.45) is 0 Å². The van der Waals surface area contributed by atoms with Crippen LogP contribution in [0.5, 0.6) is 11.5 Å². The highest BCUT2D eigenvalue weighted by Crippen LogP contribution is 2.39. The number of carbonyl (C=O) groups excluding carboxylic acids is 1. The molecule has 1 heterocycles. The molecule has 0 unspecified atom stereocenters. The van der Waals surface area contributed by atoms with Gasteiger partial charge in [-0.05, 0) is 30.3 Å². The van der Waals surface area contributed by atoms with Crippen molar-refractivity contribution < 1.29 is 18.7 Å². The van der Waals surface area contributed by atoms with Gasteiger partial charge in [0.15, 0.2) is 11.5 Å². The predicted molar refractivity (Wildman–Crippen MR) is 76.9 cm³/mol. The van der Waals surface area contributed by atoms with Gasteiger partial charge in [-0.25, -0.2) is 4.39 Å². The summed E-state index contributed by atoms with van der Waals surface area (Å²) in [6.07, 6.45) is 0. The van der Waals surface area contributed by atoms with Crippen molar-refractivity contribution >= 4 is 34.8 Å². The number of nitrogens with one attached hydrogen (secondary N) is 1. The first kappa shape index (κ1) is 14.0. The van der Waals surface area contributed by atoms with Gasteiger partial charge in [0.05, 0.1) is 10.0 Å². The van der Waals surface area contributed by atoms with Crippen LogP contribution in [-0.4, -0.2) is 12.7 Å². The van der Waals surface area contributed by atoms with Gasteiger partial charge >= 0.3 is 0 Å². The lowest BCUT2D eigenvalue weighted by Gasteiger charge is -2.07. The van der Waals surface area contributed by atoms with E-state index in [0.29, 0.717) is 22.7 Å². The third kappa shape index (κ3) is 2.75. The zero-order chi connectivity index (χ0) is 15.0. The van der Waals surface area contributed by atoms with Crippen molar-refractivity contribution in [3.8, 4) is 11.5 Å². The number of fused-ring (bicyclic) bond motifs is 1. The van der Waals surface area contributed by atoms with Gasteiger partial charge in [0.2, 0.25) is 6.79 Å². The molecule has 21 heavy (non-hydrogen) atoms. The lowest BCUT2D eigenvalue weighted by atomic mass is 10.2. The Morgan fingerprint density at radius 2 is 1.95 bits per heavy atom. The largest absolute Gasteiger partial charge is 0.454 e. The van der Waals surface area contributed by atoms with E-state index in [9.17, 15) is 9.18 Å². The molecule has 4 nitrogen and oxygen atoms in total. The van der Waals surface area contributed by atoms with Crippen LogP contribution in [0.25, 0.3) is 0 Å². The topological polar surface area (TPSA) is 47.6 Å². The van der Waals surface area contributed by atoms with Crippen molar-refractivity contribution in [2.45, 2.75) is 0 Å². The molecule has 1 aliphatic rings. The molecule has 0 aromatic heterocycles. The first-order chi connectivity index (χ1) is 10.0. The van der Waals surface area contributed by atoms with Crippen molar-refractivity contribution in [3.05, 3.63) is 51.8 Å². The van der Waals surface area contributed by atoms with Gasteiger partial charge in [-0.2, -0.15) is 0 Å². The van der Waals surface area contributed by atoms with Crippen molar-refractivity contribution in [3.63, 3.8) is 0 Å². The van der Waals surface area contributed by atoms with Crippen LogP contribution in [0.4, 0.5) is 10.1 Å². The quantitative estimate of drug-likeness (QED) is 0.902. The van der Waals surface area contributed by atoms with E-state index < -0.39 is 11.7 Å². The summed E-state index contributed by atoms with van der Waals surface area (Å²) in [6, 6.07) is 6.89. The molecule has 2 aromatic carbocycles. The number of amides is 1. The second-order valence-corrected chi connectivity index (χ2v) is 5.09. The monoisotopic (exact) mass is 327 g/mol. The summed E-state index contributed by atoms with van der Waals surface area (Å²) >= 11 is 11.7. The molecular formula is C14H8Cl2FNO3. The lowest BCUT2D eigenvalue weighted by Crippen LogP contribution is -2.12. The van der Waals surface area contributed by atoms with Gasteiger partial charge in [-0.15, -0.1) is 0 Å². The van der Waals surface area contributed by atoms with Crippen LogP contribution in [0.3, 0.4) is 0 Å². The molecule has 1 N–H and O–H groups in total. The summed E-state index contributed by atoms with van der Waals surface area (Å²) < 4.78 is 23.4. The first-order valence-corrected chi connectivity index (χ1v) is 6.66. The zero-order valence-corrected chi connectivity index (χ0v) is 12.0. The number of rotatable bonds is 2. The molecule has 0 spiro atoms. The number of anilines is 1. The summed E-state index contributed by atoms with van der Waals surface area (Å²) in [5, 5.41) is 2.81. The van der Waals surface area contributed by atoms with E-state index in [0.717, 1.165) is 0 Å². The van der Waals surface area contributed by atoms with E-state index in [-0.39, 0.29) is 16.8 Å². The van der Waals surface area contributed by atoms with E-state index in [1.54, 1.807) is 0 Å². The maximum absolute atomic E-state index is 13.1. The second kappa shape index (κ2) is 5.42. The average Bonchev–Trinajstić information content (AvgIpc) is 2.92. The maximum atomic E-state index is 13.1. The van der Waals surface area contributed by atoms with Gasteiger partial charge in [-0.3, -0.25) is 4.79 Å². The molecule has 0 fully saturated rings. The second-order valence-electron chi connectivity index (χ2n) is 4.27. The Kier molecular flexibility index (Phi) is 3.61. The smallest absolute Gasteiger partial charge is 0.255 e. The lowest BCUT2D eigenvalue weighted by molar-refractivity contribution is 0.102. The van der Waals surface area contributed by atoms with Crippen LogP contribution in [0.15, 0.2) is 30.3 Å². The predicted octanol–water partition coefficient (Wildman–Crippen LogP) is 4.11. The number of hydrogen-bond acceptors (Lipinski definition) is 3. The zero-order valence-electron chi connectivity index (χ0n) is 10.5. The van der Waals surface area contributed by atoms with Crippen LogP contribution in [0, 0.1) is 5.82 Å². The molecule has 0 atom stereocenters. The van der Waals surface area contributed by atoms with Crippen LogP contribution >= 0.6 is 23.2 Å². The summed E-state index contributed by atoms with van der Waals surface area (Å²) in [5.41, 5.74) is 0.671. The van der Waals surface area contributed by atoms with Crippen molar-refractivity contribution in [2.75, 3.05) is 12.1 Å². The highest BCUT2D eigenvalue weighted by atomic mass is 35.5. The Morgan fingerprint density at radius 3 is 2.71 bits per heavy atom. The summed E-state index contributed by atoms with van der Waals surface area (Å²) in [5.74, 6) is -0.151. The number of ether oxygens (including phenoxy) is 2. The Balaban J connectivity index is 1.85. The number of benzene rings is 2. The number of hydrogen-bond donors (Lipinski definition) is 1. The highest BCUT2D eigenvalue weighted by Gasteiger charge is 2.20. The van der Waals surface area contributed by atoms with E-state index in [1.165, 1.54) is 30.3 Å². The molecule has 0 saturated heterocycles. The third-order valence-corrected chi connectivity index (χ3v) is 3.44. The van der Waals surface area contributed by atoms with Gasteiger partial charge < -0.3 is 14.8 Å². The minimum Gasteiger partial charge on any atom is -0.454 e. The Hall–Kier alpha value is -1.98. The fraction of sp³-hybridized carbons (Fsp3) is 0.0714. The number of halogens is 3. The molecule has 1 amide bonds. The third-order valence-electron chi connectivity index (χ3n) is 2.87. The van der Waals surface area contributed by atoms with Gasteiger partial charge in [0.25, 0.3) is 5.91 Å².